The van der Waals surface area contributed by atoms with Crippen molar-refractivity contribution < 1.29 is 0 Å². The predicted molar refractivity (Wildman–Crippen MR) is 66.5 cm³/mol. The highest BCUT2D eigenvalue weighted by atomic mass is 15.1. The van der Waals surface area contributed by atoms with Gasteiger partial charge in [-0.15, -0.1) is 0 Å². The molecular weight excluding hydrogens is 212 g/mol. The lowest BCUT2D eigenvalue weighted by Crippen LogP contribution is -2.12. The van der Waals surface area contributed by atoms with Crippen LogP contribution in [0.15, 0.2) is 36.8 Å². The second-order valence-electron chi connectivity index (χ2n) is 3.84. The van der Waals surface area contributed by atoms with Crippen LogP contribution in [0.25, 0.3) is 11.1 Å². The Morgan fingerprint density at radius 3 is 2.47 bits per heavy atom. The summed E-state index contributed by atoms with van der Waals surface area (Å²) in [5.74, 6) is 0.685. The SMILES string of the molecule is CN(C)c1ncc(-c2ccncc2)cc1C#N. The van der Waals surface area contributed by atoms with E-state index in [2.05, 4.69) is 16.0 Å². The van der Waals surface area contributed by atoms with E-state index >= 15 is 0 Å². The zero-order valence-electron chi connectivity index (χ0n) is 9.75. The number of rotatable bonds is 2. The number of nitrogens with zero attached hydrogens (tertiary/aromatic N) is 4. The highest BCUT2D eigenvalue weighted by Crippen LogP contribution is 2.23. The van der Waals surface area contributed by atoms with Crippen LogP contribution < -0.4 is 4.90 Å². The number of pyridine rings is 2. The third-order valence-electron chi connectivity index (χ3n) is 2.42. The minimum absolute atomic E-state index is 0.573. The van der Waals surface area contributed by atoms with Gasteiger partial charge in [0.2, 0.25) is 0 Å². The van der Waals surface area contributed by atoms with E-state index in [1.54, 1.807) is 18.6 Å². The van der Waals surface area contributed by atoms with Gasteiger partial charge in [-0.1, -0.05) is 0 Å². The summed E-state index contributed by atoms with van der Waals surface area (Å²) in [4.78, 5) is 10.1. The molecule has 0 aromatic carbocycles. The van der Waals surface area contributed by atoms with E-state index in [9.17, 15) is 0 Å². The molecule has 0 spiro atoms. The molecule has 0 aliphatic heterocycles. The van der Waals surface area contributed by atoms with Crippen LogP contribution >= 0.6 is 0 Å². The first-order valence-electron chi connectivity index (χ1n) is 5.20. The van der Waals surface area contributed by atoms with E-state index in [1.807, 2.05) is 37.2 Å². The van der Waals surface area contributed by atoms with Crippen molar-refractivity contribution in [1.82, 2.24) is 9.97 Å². The van der Waals surface area contributed by atoms with E-state index < -0.39 is 0 Å². The van der Waals surface area contributed by atoms with E-state index in [0.717, 1.165) is 11.1 Å². The van der Waals surface area contributed by atoms with E-state index in [4.69, 9.17) is 5.26 Å². The number of hydrogen-bond acceptors (Lipinski definition) is 4. The van der Waals surface area contributed by atoms with Crippen molar-refractivity contribution >= 4 is 5.82 Å². The van der Waals surface area contributed by atoms with Gasteiger partial charge in [-0.2, -0.15) is 5.26 Å². The summed E-state index contributed by atoms with van der Waals surface area (Å²) in [6.07, 6.45) is 5.22. The summed E-state index contributed by atoms with van der Waals surface area (Å²) in [5, 5.41) is 9.11. The Labute approximate surface area is 100 Å². The molecule has 0 aliphatic rings. The average molecular weight is 224 g/mol. The Kier molecular flexibility index (Phi) is 3.01. The van der Waals surface area contributed by atoms with Crippen LogP contribution in [0.3, 0.4) is 0 Å². The summed E-state index contributed by atoms with van der Waals surface area (Å²) in [7, 11) is 3.74. The molecule has 0 N–H and O–H groups in total. The first-order valence-corrected chi connectivity index (χ1v) is 5.20. The van der Waals surface area contributed by atoms with Crippen LogP contribution in [-0.4, -0.2) is 24.1 Å². The number of nitriles is 1. The van der Waals surface area contributed by atoms with E-state index in [1.165, 1.54) is 0 Å². The van der Waals surface area contributed by atoms with Crippen molar-refractivity contribution in [2.45, 2.75) is 0 Å². The second-order valence-corrected chi connectivity index (χ2v) is 3.84. The topological polar surface area (TPSA) is 52.8 Å². The van der Waals surface area contributed by atoms with Crippen molar-refractivity contribution in [2.75, 3.05) is 19.0 Å². The van der Waals surface area contributed by atoms with Crippen LogP contribution in [0.5, 0.6) is 0 Å². The smallest absolute Gasteiger partial charge is 0.146 e. The van der Waals surface area contributed by atoms with Gasteiger partial charge in [-0.3, -0.25) is 4.98 Å². The first-order chi connectivity index (χ1) is 8.22. The number of anilines is 1. The van der Waals surface area contributed by atoms with Gasteiger partial charge >= 0.3 is 0 Å². The minimum Gasteiger partial charge on any atom is -0.362 e. The summed E-state index contributed by atoms with van der Waals surface area (Å²) < 4.78 is 0. The summed E-state index contributed by atoms with van der Waals surface area (Å²) in [6, 6.07) is 7.80. The molecule has 2 aromatic rings. The molecule has 2 aromatic heterocycles. The van der Waals surface area contributed by atoms with Gasteiger partial charge in [-0.25, -0.2) is 4.98 Å². The average Bonchev–Trinajstić information content (AvgIpc) is 2.39. The van der Waals surface area contributed by atoms with Gasteiger partial charge in [0, 0.05) is 38.2 Å². The molecule has 2 heterocycles. The lowest BCUT2D eigenvalue weighted by molar-refractivity contribution is 1.06. The molecule has 0 saturated carbocycles. The number of aromatic nitrogens is 2. The highest BCUT2D eigenvalue weighted by molar-refractivity contribution is 5.67. The molecule has 17 heavy (non-hydrogen) atoms. The molecule has 2 rings (SSSR count). The normalized spacial score (nSPS) is 9.71. The molecule has 0 amide bonds. The summed E-state index contributed by atoms with van der Waals surface area (Å²) in [6.45, 7) is 0. The van der Waals surface area contributed by atoms with Crippen molar-refractivity contribution in [1.29, 1.82) is 5.26 Å². The Morgan fingerprint density at radius 1 is 1.18 bits per heavy atom. The Morgan fingerprint density at radius 2 is 1.88 bits per heavy atom. The van der Waals surface area contributed by atoms with Crippen LogP contribution in [0.1, 0.15) is 5.56 Å². The Balaban J connectivity index is 2.50. The van der Waals surface area contributed by atoms with Crippen LogP contribution in [0.4, 0.5) is 5.82 Å². The van der Waals surface area contributed by atoms with Crippen molar-refractivity contribution in [3.63, 3.8) is 0 Å². The van der Waals surface area contributed by atoms with Crippen LogP contribution in [0, 0.1) is 11.3 Å². The lowest BCUT2D eigenvalue weighted by atomic mass is 10.1. The molecule has 4 nitrogen and oxygen atoms in total. The van der Waals surface area contributed by atoms with Crippen LogP contribution in [-0.2, 0) is 0 Å². The molecular formula is C13H12N4. The molecule has 0 aliphatic carbocycles. The van der Waals surface area contributed by atoms with E-state index in [-0.39, 0.29) is 0 Å². The fourth-order valence-corrected chi connectivity index (χ4v) is 1.60. The van der Waals surface area contributed by atoms with Gasteiger partial charge in [0.15, 0.2) is 0 Å². The molecule has 0 bridgehead atoms. The lowest BCUT2D eigenvalue weighted by Gasteiger charge is -2.13. The van der Waals surface area contributed by atoms with E-state index in [0.29, 0.717) is 11.4 Å². The molecule has 84 valence electrons. The van der Waals surface area contributed by atoms with Gasteiger partial charge in [-0.05, 0) is 23.8 Å². The first kappa shape index (κ1) is 11.1. The van der Waals surface area contributed by atoms with Crippen molar-refractivity contribution in [3.05, 3.63) is 42.4 Å². The largest absolute Gasteiger partial charge is 0.362 e. The van der Waals surface area contributed by atoms with Gasteiger partial charge in [0.25, 0.3) is 0 Å². The maximum Gasteiger partial charge on any atom is 0.146 e. The van der Waals surface area contributed by atoms with Crippen molar-refractivity contribution in [3.8, 4) is 17.2 Å². The third-order valence-corrected chi connectivity index (χ3v) is 2.42. The Bertz CT molecular complexity index is 555. The zero-order valence-corrected chi connectivity index (χ0v) is 9.75. The maximum atomic E-state index is 9.11. The van der Waals surface area contributed by atoms with Gasteiger partial charge < -0.3 is 4.90 Å². The molecule has 0 atom stereocenters. The second kappa shape index (κ2) is 4.62. The predicted octanol–water partition coefficient (Wildman–Crippen LogP) is 2.08. The molecule has 0 unspecified atom stereocenters. The van der Waals surface area contributed by atoms with Gasteiger partial charge in [0.1, 0.15) is 11.9 Å². The summed E-state index contributed by atoms with van der Waals surface area (Å²) >= 11 is 0. The fourth-order valence-electron chi connectivity index (χ4n) is 1.60. The Hall–Kier alpha value is -2.41. The number of hydrogen-bond donors (Lipinski definition) is 0. The standard InChI is InChI=1S/C13H12N4/c1-17(2)13-11(8-14)7-12(9-16-13)10-3-5-15-6-4-10/h3-7,9H,1-2H3. The molecule has 0 saturated heterocycles. The van der Waals surface area contributed by atoms with Crippen LogP contribution in [0.2, 0.25) is 0 Å². The van der Waals surface area contributed by atoms with Crippen molar-refractivity contribution in [2.24, 2.45) is 0 Å². The quantitative estimate of drug-likeness (QED) is 0.783. The van der Waals surface area contributed by atoms with Gasteiger partial charge in [0.05, 0.1) is 5.56 Å². The zero-order chi connectivity index (χ0) is 12.3. The molecule has 0 fully saturated rings. The minimum atomic E-state index is 0.573. The summed E-state index contributed by atoms with van der Waals surface area (Å²) in [5.41, 5.74) is 2.51. The fraction of sp³-hybridized carbons (Fsp3) is 0.154. The monoisotopic (exact) mass is 224 g/mol. The molecule has 4 heteroatoms. The molecule has 0 radical (unpaired) electrons. The maximum absolute atomic E-state index is 9.11. The highest BCUT2D eigenvalue weighted by Gasteiger charge is 2.07. The third kappa shape index (κ3) is 2.23.